The summed E-state index contributed by atoms with van der Waals surface area (Å²) in [5.41, 5.74) is 4.22. The molecule has 1 aliphatic heterocycles. The summed E-state index contributed by atoms with van der Waals surface area (Å²) in [6.07, 6.45) is 0.0643. The predicted molar refractivity (Wildman–Crippen MR) is 120 cm³/mol. The van der Waals surface area contributed by atoms with Crippen molar-refractivity contribution < 1.29 is 19.1 Å². The van der Waals surface area contributed by atoms with Crippen molar-refractivity contribution in [3.8, 4) is 0 Å². The van der Waals surface area contributed by atoms with Crippen molar-refractivity contribution in [3.63, 3.8) is 0 Å². The predicted octanol–water partition coefficient (Wildman–Crippen LogP) is 4.56. The zero-order valence-electron chi connectivity index (χ0n) is 16.9. The second-order valence-corrected chi connectivity index (χ2v) is 8.60. The molecule has 1 heterocycles. The fraction of sp³-hybridized carbons (Fsp3) is 0.318. The van der Waals surface area contributed by atoms with E-state index in [2.05, 4.69) is 21.2 Å². The first-order valence-corrected chi connectivity index (χ1v) is 10.6. The van der Waals surface area contributed by atoms with E-state index in [1.807, 2.05) is 32.0 Å². The molecule has 6 nitrogen and oxygen atoms in total. The molecule has 8 heteroatoms. The normalized spacial score (nSPS) is 16.0. The number of rotatable bonds is 5. The van der Waals surface area contributed by atoms with E-state index in [4.69, 9.17) is 16.3 Å². The molecule has 0 aliphatic carbocycles. The van der Waals surface area contributed by atoms with Gasteiger partial charge < -0.3 is 15.0 Å². The minimum atomic E-state index is -0.601. The average molecular weight is 494 g/mol. The topological polar surface area (TPSA) is 75.7 Å². The number of carbonyl (C=O) groups is 3. The highest BCUT2D eigenvalue weighted by molar-refractivity contribution is 9.10. The zero-order valence-corrected chi connectivity index (χ0v) is 19.3. The Morgan fingerprint density at radius 1 is 1.20 bits per heavy atom. The Hall–Kier alpha value is -2.38. The Labute approximate surface area is 188 Å². The van der Waals surface area contributed by atoms with Gasteiger partial charge in [-0.15, -0.1) is 0 Å². The van der Waals surface area contributed by atoms with E-state index in [1.165, 1.54) is 0 Å². The van der Waals surface area contributed by atoms with E-state index in [0.29, 0.717) is 16.3 Å². The molecular weight excluding hydrogens is 472 g/mol. The van der Waals surface area contributed by atoms with E-state index < -0.39 is 24.4 Å². The standard InChI is InChI=1S/C22H22BrClN2O4/c1-12-4-5-16(8-13(12)2)26-10-15(9-20(26)28)22(29)30-11-19(27)25-18-7-6-17(23)21(24)14(18)3/h4-8,15H,9-11H2,1-3H3,(H,25,27)/t15-/m0/s1. The summed E-state index contributed by atoms with van der Waals surface area (Å²) < 4.78 is 5.88. The van der Waals surface area contributed by atoms with Crippen molar-refractivity contribution in [1.29, 1.82) is 0 Å². The second kappa shape index (κ2) is 9.18. The molecule has 2 aromatic carbocycles. The number of amides is 2. The van der Waals surface area contributed by atoms with Gasteiger partial charge in [-0.1, -0.05) is 17.7 Å². The molecule has 0 aromatic heterocycles. The van der Waals surface area contributed by atoms with Crippen LogP contribution in [0.3, 0.4) is 0 Å². The number of aryl methyl sites for hydroxylation is 2. The molecule has 0 unspecified atom stereocenters. The van der Waals surface area contributed by atoms with Gasteiger partial charge in [-0.3, -0.25) is 14.4 Å². The summed E-state index contributed by atoms with van der Waals surface area (Å²) in [4.78, 5) is 38.6. The highest BCUT2D eigenvalue weighted by atomic mass is 79.9. The molecule has 3 rings (SSSR count). The van der Waals surface area contributed by atoms with Crippen LogP contribution in [0.15, 0.2) is 34.8 Å². The number of ether oxygens (including phenoxy) is 1. The highest BCUT2D eigenvalue weighted by Gasteiger charge is 2.36. The Kier molecular flexibility index (Phi) is 6.83. The van der Waals surface area contributed by atoms with Gasteiger partial charge in [-0.05, 0) is 77.7 Å². The third kappa shape index (κ3) is 4.84. The quantitative estimate of drug-likeness (QED) is 0.620. The maximum atomic E-state index is 12.4. The lowest BCUT2D eigenvalue weighted by Crippen LogP contribution is -2.28. The third-order valence-electron chi connectivity index (χ3n) is 5.22. The summed E-state index contributed by atoms with van der Waals surface area (Å²) in [7, 11) is 0. The van der Waals surface area contributed by atoms with Crippen LogP contribution in [0, 0.1) is 26.7 Å². The van der Waals surface area contributed by atoms with Gasteiger partial charge in [0.05, 0.1) is 10.9 Å². The van der Waals surface area contributed by atoms with Crippen LogP contribution >= 0.6 is 27.5 Å². The zero-order chi connectivity index (χ0) is 22.0. The summed E-state index contributed by atoms with van der Waals surface area (Å²) in [6.45, 7) is 5.56. The summed E-state index contributed by atoms with van der Waals surface area (Å²) in [6, 6.07) is 9.18. The van der Waals surface area contributed by atoms with Crippen molar-refractivity contribution in [2.45, 2.75) is 27.2 Å². The molecular formula is C22H22BrClN2O4. The van der Waals surface area contributed by atoms with Crippen LogP contribution in [-0.2, 0) is 19.1 Å². The molecule has 1 aliphatic rings. The van der Waals surface area contributed by atoms with E-state index in [1.54, 1.807) is 24.0 Å². The molecule has 1 N–H and O–H groups in total. The number of benzene rings is 2. The number of carbonyl (C=O) groups excluding carboxylic acids is 3. The number of nitrogens with zero attached hydrogens (tertiary/aromatic N) is 1. The van der Waals surface area contributed by atoms with Gasteiger partial charge in [-0.25, -0.2) is 0 Å². The minimum absolute atomic E-state index is 0.0643. The second-order valence-electron chi connectivity index (χ2n) is 7.36. The van der Waals surface area contributed by atoms with Crippen LogP contribution in [0.5, 0.6) is 0 Å². The van der Waals surface area contributed by atoms with Crippen LogP contribution < -0.4 is 10.2 Å². The molecule has 158 valence electrons. The van der Waals surface area contributed by atoms with Gasteiger partial charge in [0, 0.05) is 28.8 Å². The summed E-state index contributed by atoms with van der Waals surface area (Å²) >= 11 is 9.48. The molecule has 2 amide bonds. The molecule has 0 spiro atoms. The number of halogens is 2. The third-order valence-corrected chi connectivity index (χ3v) is 6.60. The SMILES string of the molecule is Cc1ccc(N2C[C@@H](C(=O)OCC(=O)Nc3ccc(Br)c(Cl)c3C)CC2=O)cc1C. The van der Waals surface area contributed by atoms with Gasteiger partial charge in [0.15, 0.2) is 6.61 Å². The summed E-state index contributed by atoms with van der Waals surface area (Å²) in [5.74, 6) is -1.77. The molecule has 0 bridgehead atoms. The van der Waals surface area contributed by atoms with Gasteiger partial charge in [0.25, 0.3) is 5.91 Å². The van der Waals surface area contributed by atoms with E-state index >= 15 is 0 Å². The van der Waals surface area contributed by atoms with Crippen molar-refractivity contribution in [3.05, 3.63) is 56.5 Å². The monoisotopic (exact) mass is 492 g/mol. The molecule has 1 saturated heterocycles. The van der Waals surface area contributed by atoms with Gasteiger partial charge in [-0.2, -0.15) is 0 Å². The molecule has 1 atom stereocenters. The van der Waals surface area contributed by atoms with Crippen molar-refractivity contribution >= 4 is 56.7 Å². The average Bonchev–Trinajstić information content (AvgIpc) is 3.10. The number of esters is 1. The van der Waals surface area contributed by atoms with Gasteiger partial charge in [0.2, 0.25) is 5.91 Å². The fourth-order valence-electron chi connectivity index (χ4n) is 3.24. The Balaban J connectivity index is 1.56. The first kappa shape index (κ1) is 22.3. The maximum Gasteiger partial charge on any atom is 0.311 e. The lowest BCUT2D eigenvalue weighted by Gasteiger charge is -2.18. The fourth-order valence-corrected chi connectivity index (χ4v) is 3.83. The molecule has 0 radical (unpaired) electrons. The first-order chi connectivity index (χ1) is 14.2. The van der Waals surface area contributed by atoms with Crippen LogP contribution in [0.4, 0.5) is 11.4 Å². The van der Waals surface area contributed by atoms with Crippen LogP contribution in [-0.4, -0.2) is 30.9 Å². The van der Waals surface area contributed by atoms with Crippen LogP contribution in [0.25, 0.3) is 0 Å². The Bertz CT molecular complexity index is 1020. The number of anilines is 2. The number of hydrogen-bond acceptors (Lipinski definition) is 4. The number of hydrogen-bond donors (Lipinski definition) is 1. The van der Waals surface area contributed by atoms with Crippen molar-refractivity contribution in [2.75, 3.05) is 23.4 Å². The summed E-state index contributed by atoms with van der Waals surface area (Å²) in [5, 5.41) is 3.18. The van der Waals surface area contributed by atoms with Gasteiger partial charge >= 0.3 is 5.97 Å². The maximum absolute atomic E-state index is 12.4. The highest BCUT2D eigenvalue weighted by Crippen LogP contribution is 2.31. The van der Waals surface area contributed by atoms with Crippen LogP contribution in [0.2, 0.25) is 5.02 Å². The molecule has 0 saturated carbocycles. The van der Waals surface area contributed by atoms with Crippen molar-refractivity contribution in [1.82, 2.24) is 0 Å². The van der Waals surface area contributed by atoms with Crippen molar-refractivity contribution in [2.24, 2.45) is 5.92 Å². The molecule has 1 fully saturated rings. The largest absolute Gasteiger partial charge is 0.455 e. The molecule has 30 heavy (non-hydrogen) atoms. The molecule has 2 aromatic rings. The lowest BCUT2D eigenvalue weighted by molar-refractivity contribution is -0.151. The van der Waals surface area contributed by atoms with E-state index in [9.17, 15) is 14.4 Å². The number of nitrogens with one attached hydrogen (secondary N) is 1. The van der Waals surface area contributed by atoms with Crippen LogP contribution in [0.1, 0.15) is 23.1 Å². The first-order valence-electron chi connectivity index (χ1n) is 9.46. The van der Waals surface area contributed by atoms with Gasteiger partial charge in [0.1, 0.15) is 0 Å². The van der Waals surface area contributed by atoms with E-state index in [0.717, 1.165) is 21.3 Å². The lowest BCUT2D eigenvalue weighted by atomic mass is 10.1. The van der Waals surface area contributed by atoms with E-state index in [-0.39, 0.29) is 18.9 Å². The Morgan fingerprint density at radius 2 is 1.93 bits per heavy atom. The Morgan fingerprint density at radius 3 is 2.63 bits per heavy atom. The smallest absolute Gasteiger partial charge is 0.311 e. The minimum Gasteiger partial charge on any atom is -0.455 e.